The van der Waals surface area contributed by atoms with Crippen LogP contribution in [-0.4, -0.2) is 17.7 Å². The SMILES string of the molecule is CCCCC1(OC(N)=O)CCC(N)CC1. The van der Waals surface area contributed by atoms with Crippen LogP contribution in [0.2, 0.25) is 0 Å². The van der Waals surface area contributed by atoms with Gasteiger partial charge in [-0.1, -0.05) is 13.3 Å². The van der Waals surface area contributed by atoms with E-state index in [0.717, 1.165) is 44.9 Å². The molecule has 4 nitrogen and oxygen atoms in total. The van der Waals surface area contributed by atoms with Gasteiger partial charge in [-0.05, 0) is 38.5 Å². The van der Waals surface area contributed by atoms with E-state index < -0.39 is 6.09 Å². The molecule has 0 bridgehead atoms. The first-order valence-corrected chi connectivity index (χ1v) is 5.82. The van der Waals surface area contributed by atoms with Gasteiger partial charge in [0.1, 0.15) is 5.60 Å². The zero-order valence-electron chi connectivity index (χ0n) is 9.50. The van der Waals surface area contributed by atoms with Gasteiger partial charge >= 0.3 is 6.09 Å². The quantitative estimate of drug-likeness (QED) is 0.750. The Morgan fingerprint density at radius 2 is 2.07 bits per heavy atom. The molecule has 15 heavy (non-hydrogen) atoms. The largest absolute Gasteiger partial charge is 0.443 e. The third-order valence-corrected chi connectivity index (χ3v) is 3.24. The molecular formula is C11H22N2O2. The number of carbonyl (C=O) groups is 1. The van der Waals surface area contributed by atoms with Gasteiger partial charge in [0.2, 0.25) is 0 Å². The Morgan fingerprint density at radius 3 is 2.53 bits per heavy atom. The summed E-state index contributed by atoms with van der Waals surface area (Å²) in [6.07, 6.45) is 6.02. The van der Waals surface area contributed by atoms with Crippen LogP contribution in [0.3, 0.4) is 0 Å². The van der Waals surface area contributed by atoms with E-state index in [4.69, 9.17) is 16.2 Å². The number of carbonyl (C=O) groups excluding carboxylic acids is 1. The molecule has 1 aliphatic rings. The molecule has 0 saturated heterocycles. The predicted molar refractivity (Wildman–Crippen MR) is 59.4 cm³/mol. The van der Waals surface area contributed by atoms with Crippen LogP contribution in [0.25, 0.3) is 0 Å². The van der Waals surface area contributed by atoms with E-state index in [1.807, 2.05) is 0 Å². The second-order valence-electron chi connectivity index (χ2n) is 4.55. The third kappa shape index (κ3) is 3.70. The Hall–Kier alpha value is -0.770. The summed E-state index contributed by atoms with van der Waals surface area (Å²) in [5.41, 5.74) is 10.6. The fraction of sp³-hybridized carbons (Fsp3) is 0.909. The maximum Gasteiger partial charge on any atom is 0.405 e. The van der Waals surface area contributed by atoms with Crippen molar-refractivity contribution < 1.29 is 9.53 Å². The van der Waals surface area contributed by atoms with Crippen molar-refractivity contribution in [3.8, 4) is 0 Å². The first-order valence-electron chi connectivity index (χ1n) is 5.82. The van der Waals surface area contributed by atoms with Crippen molar-refractivity contribution in [2.75, 3.05) is 0 Å². The van der Waals surface area contributed by atoms with Gasteiger partial charge in [-0.2, -0.15) is 0 Å². The van der Waals surface area contributed by atoms with E-state index in [2.05, 4.69) is 6.92 Å². The van der Waals surface area contributed by atoms with Gasteiger partial charge in [-0.3, -0.25) is 0 Å². The van der Waals surface area contributed by atoms with Gasteiger partial charge in [0.25, 0.3) is 0 Å². The van der Waals surface area contributed by atoms with E-state index in [1.165, 1.54) is 0 Å². The summed E-state index contributed by atoms with van der Waals surface area (Å²) in [6, 6.07) is 0.260. The lowest BCUT2D eigenvalue weighted by atomic mass is 9.79. The maximum atomic E-state index is 10.9. The number of hydrogen-bond acceptors (Lipinski definition) is 3. The highest BCUT2D eigenvalue weighted by Gasteiger charge is 2.36. The van der Waals surface area contributed by atoms with E-state index in [9.17, 15) is 4.79 Å². The number of amides is 1. The number of ether oxygens (including phenoxy) is 1. The molecule has 0 atom stereocenters. The first-order chi connectivity index (χ1) is 7.08. The lowest BCUT2D eigenvalue weighted by molar-refractivity contribution is -0.0231. The highest BCUT2D eigenvalue weighted by Crippen LogP contribution is 2.35. The van der Waals surface area contributed by atoms with Gasteiger partial charge in [0.15, 0.2) is 0 Å². The monoisotopic (exact) mass is 214 g/mol. The van der Waals surface area contributed by atoms with Crippen LogP contribution in [0.4, 0.5) is 4.79 Å². The molecule has 0 aromatic carbocycles. The van der Waals surface area contributed by atoms with E-state index >= 15 is 0 Å². The molecule has 1 rings (SSSR count). The molecule has 1 amide bonds. The van der Waals surface area contributed by atoms with E-state index in [-0.39, 0.29) is 11.6 Å². The lowest BCUT2D eigenvalue weighted by Gasteiger charge is -2.38. The minimum absolute atomic E-state index is 0.260. The molecule has 0 radical (unpaired) electrons. The number of unbranched alkanes of at least 4 members (excludes halogenated alkanes) is 1. The molecule has 88 valence electrons. The zero-order chi connectivity index (χ0) is 11.3. The second-order valence-corrected chi connectivity index (χ2v) is 4.55. The third-order valence-electron chi connectivity index (χ3n) is 3.24. The summed E-state index contributed by atoms with van der Waals surface area (Å²) in [5.74, 6) is 0. The molecule has 1 saturated carbocycles. The standard InChI is InChI=1S/C11H22N2O2/c1-2-3-6-11(15-10(13)14)7-4-9(12)5-8-11/h9H,2-8,12H2,1H3,(H2,13,14). The van der Waals surface area contributed by atoms with Crippen LogP contribution in [0.1, 0.15) is 51.9 Å². The Morgan fingerprint density at radius 1 is 1.47 bits per heavy atom. The van der Waals surface area contributed by atoms with Crippen molar-refractivity contribution in [3.05, 3.63) is 0 Å². The highest BCUT2D eigenvalue weighted by atomic mass is 16.6. The Bertz CT molecular complexity index is 205. The Labute approximate surface area is 91.3 Å². The van der Waals surface area contributed by atoms with Gasteiger partial charge in [0, 0.05) is 6.04 Å². The summed E-state index contributed by atoms with van der Waals surface area (Å²) in [6.45, 7) is 2.13. The zero-order valence-corrected chi connectivity index (χ0v) is 9.50. The maximum absolute atomic E-state index is 10.9. The van der Waals surface area contributed by atoms with Gasteiger partial charge < -0.3 is 16.2 Å². The summed E-state index contributed by atoms with van der Waals surface area (Å²) < 4.78 is 5.31. The molecule has 0 unspecified atom stereocenters. The molecule has 0 heterocycles. The average molecular weight is 214 g/mol. The predicted octanol–water partition coefficient (Wildman–Crippen LogP) is 1.91. The first kappa shape index (κ1) is 12.3. The topological polar surface area (TPSA) is 78.3 Å². The fourth-order valence-corrected chi connectivity index (χ4v) is 2.28. The van der Waals surface area contributed by atoms with Crippen LogP contribution < -0.4 is 11.5 Å². The molecule has 0 aromatic rings. The molecule has 0 aromatic heterocycles. The minimum Gasteiger partial charge on any atom is -0.443 e. The number of nitrogens with two attached hydrogens (primary N) is 2. The number of hydrogen-bond donors (Lipinski definition) is 2. The minimum atomic E-state index is -0.651. The number of rotatable bonds is 4. The molecule has 4 heteroatoms. The van der Waals surface area contributed by atoms with Crippen molar-refractivity contribution >= 4 is 6.09 Å². The summed E-state index contributed by atoms with van der Waals surface area (Å²) in [5, 5.41) is 0. The molecule has 1 aliphatic carbocycles. The van der Waals surface area contributed by atoms with Crippen LogP contribution in [-0.2, 0) is 4.74 Å². The van der Waals surface area contributed by atoms with Crippen LogP contribution >= 0.6 is 0 Å². The summed E-state index contributed by atoms with van der Waals surface area (Å²) in [7, 11) is 0. The second kappa shape index (κ2) is 5.35. The Kier molecular flexibility index (Phi) is 4.39. The normalized spacial score (nSPS) is 31.2. The van der Waals surface area contributed by atoms with Crippen LogP contribution in [0.5, 0.6) is 0 Å². The summed E-state index contributed by atoms with van der Waals surface area (Å²) in [4.78, 5) is 10.9. The smallest absolute Gasteiger partial charge is 0.405 e. The van der Waals surface area contributed by atoms with Gasteiger partial charge in [-0.25, -0.2) is 4.79 Å². The van der Waals surface area contributed by atoms with Crippen molar-refractivity contribution in [1.29, 1.82) is 0 Å². The van der Waals surface area contributed by atoms with E-state index in [1.54, 1.807) is 0 Å². The van der Waals surface area contributed by atoms with Crippen molar-refractivity contribution in [2.24, 2.45) is 11.5 Å². The highest BCUT2D eigenvalue weighted by molar-refractivity contribution is 5.65. The van der Waals surface area contributed by atoms with Crippen molar-refractivity contribution in [2.45, 2.75) is 63.5 Å². The van der Waals surface area contributed by atoms with Crippen LogP contribution in [0, 0.1) is 0 Å². The average Bonchev–Trinajstić information content (AvgIpc) is 2.19. The fourth-order valence-electron chi connectivity index (χ4n) is 2.28. The molecule has 4 N–H and O–H groups in total. The van der Waals surface area contributed by atoms with Crippen molar-refractivity contribution in [1.82, 2.24) is 0 Å². The Balaban J connectivity index is 2.55. The lowest BCUT2D eigenvalue weighted by Crippen LogP contribution is -2.43. The van der Waals surface area contributed by atoms with Crippen molar-refractivity contribution in [3.63, 3.8) is 0 Å². The number of primary amides is 1. The van der Waals surface area contributed by atoms with E-state index in [0.29, 0.717) is 0 Å². The molecule has 0 aliphatic heterocycles. The molecular weight excluding hydrogens is 192 g/mol. The molecule has 0 spiro atoms. The van der Waals surface area contributed by atoms with Crippen LogP contribution in [0.15, 0.2) is 0 Å². The van der Waals surface area contributed by atoms with Gasteiger partial charge in [-0.15, -0.1) is 0 Å². The van der Waals surface area contributed by atoms with Gasteiger partial charge in [0.05, 0.1) is 0 Å². The summed E-state index contributed by atoms with van der Waals surface area (Å²) >= 11 is 0. The molecule has 1 fully saturated rings.